The highest BCUT2D eigenvalue weighted by Gasteiger charge is 2.41. The van der Waals surface area contributed by atoms with Crippen LogP contribution in [0.5, 0.6) is 0 Å². The average Bonchev–Trinajstić information content (AvgIpc) is 3.48. The molecule has 0 N–H and O–H groups in total. The maximum Gasteiger partial charge on any atom is 0.307 e. The van der Waals surface area contributed by atoms with Crippen molar-refractivity contribution in [3.05, 3.63) is 0 Å². The standard InChI is InChI=1S/C52H88N6O19/c59-45(1-7-53-13-25-65-26-14-53)72-39-51(40-73-46(60)2-8-54-15-27-66-28-16-54,41-74-47(61)3-9-55-17-29-67-30-18-55)37-71-38-52(42-75-48(62)4-10-56-19-31-68-32-20-56,43-76-49(63)5-11-57-21-33-69-34-22-57)44-77-50(64)6-12-58-23-35-70-36-24-58/h1-44H2. The molecule has 0 aromatic carbocycles. The van der Waals surface area contributed by atoms with Crippen molar-refractivity contribution in [2.24, 2.45) is 10.8 Å². The summed E-state index contributed by atoms with van der Waals surface area (Å²) in [5.41, 5.74) is -2.94. The zero-order chi connectivity index (χ0) is 54.2. The lowest BCUT2D eigenvalue weighted by molar-refractivity contribution is -0.175. The van der Waals surface area contributed by atoms with Crippen molar-refractivity contribution in [1.29, 1.82) is 0 Å². The van der Waals surface area contributed by atoms with Crippen LogP contribution in [0.3, 0.4) is 0 Å². The minimum Gasteiger partial charge on any atom is -0.465 e. The molecule has 6 heterocycles. The summed E-state index contributed by atoms with van der Waals surface area (Å²) >= 11 is 0. The Morgan fingerprint density at radius 3 is 0.571 bits per heavy atom. The molecule has 25 heteroatoms. The topological polar surface area (TPSA) is 242 Å². The Kier molecular flexibility index (Phi) is 29.1. The van der Waals surface area contributed by atoms with Crippen LogP contribution in [0.4, 0.5) is 0 Å². The van der Waals surface area contributed by atoms with Gasteiger partial charge in [0.05, 0.1) is 142 Å². The molecule has 0 unspecified atom stereocenters. The summed E-state index contributed by atoms with van der Waals surface area (Å²) in [5, 5.41) is 0. The van der Waals surface area contributed by atoms with E-state index in [1.807, 2.05) is 0 Å². The molecule has 0 atom stereocenters. The molecule has 77 heavy (non-hydrogen) atoms. The molecular weight excluding hydrogens is 1010 g/mol. The van der Waals surface area contributed by atoms with E-state index in [1.165, 1.54) is 0 Å². The first kappa shape index (κ1) is 62.5. The Hall–Kier alpha value is -3.70. The van der Waals surface area contributed by atoms with Crippen LogP contribution < -0.4 is 0 Å². The molecule has 6 rings (SSSR count). The highest BCUT2D eigenvalue weighted by atomic mass is 16.6. The first-order chi connectivity index (χ1) is 37.5. The monoisotopic (exact) mass is 1100 g/mol. The quantitative estimate of drug-likeness (QED) is 0.0530. The second-order valence-corrected chi connectivity index (χ2v) is 20.7. The summed E-state index contributed by atoms with van der Waals surface area (Å²) in [5.74, 6) is -3.14. The van der Waals surface area contributed by atoms with Crippen LogP contribution in [0.2, 0.25) is 0 Å². The molecule has 0 amide bonds. The van der Waals surface area contributed by atoms with Crippen LogP contribution in [-0.4, -0.2) is 315 Å². The van der Waals surface area contributed by atoms with Crippen LogP contribution >= 0.6 is 0 Å². The fraction of sp³-hybridized carbons (Fsp3) is 0.885. The van der Waals surface area contributed by atoms with Crippen molar-refractivity contribution in [2.75, 3.05) is 250 Å². The van der Waals surface area contributed by atoms with Gasteiger partial charge in [0.15, 0.2) is 0 Å². The summed E-state index contributed by atoms with van der Waals surface area (Å²) in [6, 6.07) is 0. The summed E-state index contributed by atoms with van der Waals surface area (Å²) < 4.78 is 75.3. The van der Waals surface area contributed by atoms with Crippen molar-refractivity contribution in [3.8, 4) is 0 Å². The van der Waals surface area contributed by atoms with E-state index in [0.29, 0.717) is 197 Å². The summed E-state index contributed by atoms with van der Waals surface area (Å²) in [6.07, 6.45) is 0.354. The largest absolute Gasteiger partial charge is 0.465 e. The molecule has 0 saturated carbocycles. The number of morpholine rings is 6. The third-order valence-electron chi connectivity index (χ3n) is 14.5. The van der Waals surface area contributed by atoms with Crippen LogP contribution in [0.1, 0.15) is 38.5 Å². The normalized spacial score (nSPS) is 20.3. The van der Waals surface area contributed by atoms with Crippen LogP contribution in [-0.2, 0) is 90.3 Å². The van der Waals surface area contributed by atoms with E-state index in [2.05, 4.69) is 29.4 Å². The summed E-state index contributed by atoms with van der Waals surface area (Å²) in [4.78, 5) is 94.0. The molecular formula is C52H88N6O19. The third-order valence-corrected chi connectivity index (χ3v) is 14.5. The Balaban J connectivity index is 1.22. The van der Waals surface area contributed by atoms with Crippen molar-refractivity contribution in [2.45, 2.75) is 38.5 Å². The minimum absolute atomic E-state index is 0.0590. The Morgan fingerprint density at radius 1 is 0.260 bits per heavy atom. The maximum atomic E-state index is 13.6. The lowest BCUT2D eigenvalue weighted by Crippen LogP contribution is -2.47. The molecule has 0 aliphatic carbocycles. The Labute approximate surface area is 453 Å². The minimum atomic E-state index is -1.47. The van der Waals surface area contributed by atoms with Crippen molar-refractivity contribution in [1.82, 2.24) is 29.4 Å². The van der Waals surface area contributed by atoms with Gasteiger partial charge in [-0.15, -0.1) is 0 Å². The zero-order valence-electron chi connectivity index (χ0n) is 45.6. The van der Waals surface area contributed by atoms with Gasteiger partial charge in [-0.3, -0.25) is 58.2 Å². The van der Waals surface area contributed by atoms with Gasteiger partial charge in [-0.1, -0.05) is 0 Å². The fourth-order valence-corrected chi connectivity index (χ4v) is 9.26. The molecule has 0 radical (unpaired) electrons. The number of esters is 6. The van der Waals surface area contributed by atoms with Crippen LogP contribution in [0, 0.1) is 10.8 Å². The van der Waals surface area contributed by atoms with E-state index in [4.69, 9.17) is 61.6 Å². The molecule has 0 spiro atoms. The Morgan fingerprint density at radius 2 is 0.416 bits per heavy atom. The molecule has 440 valence electrons. The number of nitrogens with zero attached hydrogens (tertiary/aromatic N) is 6. The van der Waals surface area contributed by atoms with Crippen molar-refractivity contribution in [3.63, 3.8) is 0 Å². The van der Waals surface area contributed by atoms with E-state index in [9.17, 15) is 28.8 Å². The fourth-order valence-electron chi connectivity index (χ4n) is 9.26. The zero-order valence-corrected chi connectivity index (χ0v) is 45.6. The number of carbonyl (C=O) groups is 6. The van der Waals surface area contributed by atoms with Crippen LogP contribution in [0.25, 0.3) is 0 Å². The van der Waals surface area contributed by atoms with E-state index < -0.39 is 46.6 Å². The molecule has 25 nitrogen and oxygen atoms in total. The number of carbonyl (C=O) groups excluding carboxylic acids is 6. The molecule has 6 saturated heterocycles. The molecule has 6 aliphatic rings. The lowest BCUT2D eigenvalue weighted by Gasteiger charge is -2.36. The van der Waals surface area contributed by atoms with Gasteiger partial charge >= 0.3 is 35.8 Å². The van der Waals surface area contributed by atoms with Gasteiger partial charge in [-0.25, -0.2) is 0 Å². The molecule has 0 aromatic heterocycles. The third kappa shape index (κ3) is 25.5. The first-order valence-corrected chi connectivity index (χ1v) is 27.9. The van der Waals surface area contributed by atoms with Gasteiger partial charge in [0.2, 0.25) is 0 Å². The number of hydrogen-bond acceptors (Lipinski definition) is 25. The smallest absolute Gasteiger partial charge is 0.307 e. The number of ether oxygens (including phenoxy) is 13. The second-order valence-electron chi connectivity index (χ2n) is 20.7. The van der Waals surface area contributed by atoms with Gasteiger partial charge < -0.3 is 61.6 Å². The number of hydrogen-bond donors (Lipinski definition) is 0. The maximum absolute atomic E-state index is 13.6. The SMILES string of the molecule is O=C(CCN1CCOCC1)OCC(COCC(COC(=O)CCN1CCOCC1)(COC(=O)CCN1CCOCC1)COC(=O)CCN1CCOCC1)(COC(=O)CCN1CCOCC1)COC(=O)CCN1CCOCC1. The van der Waals surface area contributed by atoms with Gasteiger partial charge in [-0.05, 0) is 0 Å². The van der Waals surface area contributed by atoms with E-state index >= 15 is 0 Å². The predicted octanol–water partition coefficient (Wildman–Crippen LogP) is -1.43. The predicted molar refractivity (Wildman–Crippen MR) is 273 cm³/mol. The molecule has 6 aliphatic heterocycles. The first-order valence-electron chi connectivity index (χ1n) is 27.9. The van der Waals surface area contributed by atoms with Gasteiger partial charge in [0.1, 0.15) is 39.6 Å². The highest BCUT2D eigenvalue weighted by Crippen LogP contribution is 2.27. The van der Waals surface area contributed by atoms with Crippen LogP contribution in [0.15, 0.2) is 0 Å². The second kappa shape index (κ2) is 35.8. The summed E-state index contributed by atoms with van der Waals surface area (Å²) in [6.45, 7) is 14.4. The average molecular weight is 1100 g/mol. The molecule has 0 aromatic rings. The van der Waals surface area contributed by atoms with E-state index in [-0.39, 0.29) is 91.4 Å². The van der Waals surface area contributed by atoms with Gasteiger partial charge in [0, 0.05) is 118 Å². The Bertz CT molecular complexity index is 1430. The highest BCUT2D eigenvalue weighted by molar-refractivity contribution is 5.72. The van der Waals surface area contributed by atoms with Crippen molar-refractivity contribution < 1.29 is 90.3 Å². The summed E-state index contributed by atoms with van der Waals surface area (Å²) in [7, 11) is 0. The van der Waals surface area contributed by atoms with E-state index in [1.54, 1.807) is 0 Å². The van der Waals surface area contributed by atoms with Gasteiger partial charge in [0.25, 0.3) is 0 Å². The van der Waals surface area contributed by atoms with Crippen molar-refractivity contribution >= 4 is 35.8 Å². The lowest BCUT2D eigenvalue weighted by atomic mass is 9.90. The molecule has 6 fully saturated rings. The van der Waals surface area contributed by atoms with Gasteiger partial charge in [-0.2, -0.15) is 0 Å². The number of rotatable bonds is 34. The van der Waals surface area contributed by atoms with E-state index in [0.717, 1.165) is 0 Å². The molecule has 0 bridgehead atoms.